The van der Waals surface area contributed by atoms with E-state index in [-0.39, 0.29) is 5.69 Å². The number of nitrogens with zero attached hydrogens (tertiary/aromatic N) is 1. The summed E-state index contributed by atoms with van der Waals surface area (Å²) in [5, 5.41) is 11.5. The molecule has 0 atom stereocenters. The lowest BCUT2D eigenvalue weighted by Gasteiger charge is -2.32. The van der Waals surface area contributed by atoms with Crippen LogP contribution in [0, 0.1) is 10.1 Å². The summed E-state index contributed by atoms with van der Waals surface area (Å²) in [7, 11) is -0.795. The summed E-state index contributed by atoms with van der Waals surface area (Å²) in [6, 6.07) is 13.8. The summed E-state index contributed by atoms with van der Waals surface area (Å²) in [6.07, 6.45) is 0. The molecule has 1 saturated heterocycles. The van der Waals surface area contributed by atoms with Gasteiger partial charge in [-0.25, -0.2) is 0 Å². The molecular formula is C18H20BNO5. The number of benzene rings is 2. The number of para-hydroxylation sites is 1. The van der Waals surface area contributed by atoms with Crippen molar-refractivity contribution in [3.63, 3.8) is 0 Å². The molecule has 0 aliphatic carbocycles. The van der Waals surface area contributed by atoms with Crippen molar-refractivity contribution in [2.75, 3.05) is 0 Å². The molecule has 0 unspecified atom stereocenters. The normalized spacial score (nSPS) is 18.2. The molecule has 0 saturated carbocycles. The molecule has 1 fully saturated rings. The summed E-state index contributed by atoms with van der Waals surface area (Å²) in [5.74, 6) is 0.998. The SMILES string of the molecule is CC1(C)OB(c2ccc(Oc3ccccc3)cc2[N+](=O)[O-])OC1(C)C. The molecule has 1 heterocycles. The second kappa shape index (κ2) is 6.17. The van der Waals surface area contributed by atoms with E-state index in [4.69, 9.17) is 14.0 Å². The Hall–Kier alpha value is -2.38. The highest BCUT2D eigenvalue weighted by Gasteiger charge is 2.53. The molecule has 3 rings (SSSR count). The Morgan fingerprint density at radius 1 is 0.960 bits per heavy atom. The zero-order chi connectivity index (χ0) is 18.2. The zero-order valence-corrected chi connectivity index (χ0v) is 14.7. The lowest BCUT2D eigenvalue weighted by Crippen LogP contribution is -2.41. The fourth-order valence-electron chi connectivity index (χ4n) is 2.54. The standard InChI is InChI=1S/C18H20BNO5/c1-17(2)18(3,4)25-19(24-17)15-11-10-14(12-16(15)20(21)22)23-13-8-6-5-7-9-13/h5-12H,1-4H3. The van der Waals surface area contributed by atoms with Gasteiger partial charge >= 0.3 is 7.12 Å². The van der Waals surface area contributed by atoms with Crippen molar-refractivity contribution < 1.29 is 19.0 Å². The van der Waals surface area contributed by atoms with Gasteiger partial charge in [-0.3, -0.25) is 10.1 Å². The topological polar surface area (TPSA) is 70.8 Å². The zero-order valence-electron chi connectivity index (χ0n) is 14.7. The van der Waals surface area contributed by atoms with Crippen LogP contribution in [0.3, 0.4) is 0 Å². The molecule has 130 valence electrons. The highest BCUT2D eigenvalue weighted by atomic mass is 16.7. The van der Waals surface area contributed by atoms with Gasteiger partial charge in [-0.15, -0.1) is 0 Å². The largest absolute Gasteiger partial charge is 0.501 e. The lowest BCUT2D eigenvalue weighted by molar-refractivity contribution is -0.383. The molecule has 2 aromatic carbocycles. The van der Waals surface area contributed by atoms with E-state index in [1.807, 2.05) is 45.9 Å². The molecule has 0 aromatic heterocycles. The van der Waals surface area contributed by atoms with Crippen molar-refractivity contribution in [2.45, 2.75) is 38.9 Å². The maximum atomic E-state index is 11.5. The van der Waals surface area contributed by atoms with Crippen molar-refractivity contribution in [2.24, 2.45) is 0 Å². The Bertz CT molecular complexity index is 775. The van der Waals surface area contributed by atoms with Crippen LogP contribution in [-0.2, 0) is 9.31 Å². The quantitative estimate of drug-likeness (QED) is 0.482. The van der Waals surface area contributed by atoms with Crippen molar-refractivity contribution in [1.82, 2.24) is 0 Å². The summed E-state index contributed by atoms with van der Waals surface area (Å²) in [4.78, 5) is 11.1. The fraction of sp³-hybridized carbons (Fsp3) is 0.333. The van der Waals surface area contributed by atoms with Crippen LogP contribution in [0.25, 0.3) is 0 Å². The second-order valence-electron chi connectivity index (χ2n) is 6.98. The first-order chi connectivity index (χ1) is 11.7. The Kier molecular flexibility index (Phi) is 4.30. The molecular weight excluding hydrogens is 321 g/mol. The van der Waals surface area contributed by atoms with Gasteiger partial charge in [0.2, 0.25) is 0 Å². The highest BCUT2D eigenvalue weighted by Crippen LogP contribution is 2.37. The highest BCUT2D eigenvalue weighted by molar-refractivity contribution is 6.63. The Labute approximate surface area is 147 Å². The Morgan fingerprint density at radius 3 is 2.12 bits per heavy atom. The monoisotopic (exact) mass is 341 g/mol. The van der Waals surface area contributed by atoms with Crippen LogP contribution in [0.4, 0.5) is 5.69 Å². The summed E-state index contributed by atoms with van der Waals surface area (Å²) in [5.41, 5.74) is -0.842. The molecule has 0 N–H and O–H groups in total. The van der Waals surface area contributed by atoms with Gasteiger partial charge in [0.25, 0.3) is 5.69 Å². The molecule has 2 aromatic rings. The van der Waals surface area contributed by atoms with Gasteiger partial charge in [0.15, 0.2) is 0 Å². The number of nitro groups is 1. The van der Waals surface area contributed by atoms with Crippen LogP contribution < -0.4 is 10.2 Å². The summed E-state index contributed by atoms with van der Waals surface area (Å²) in [6.45, 7) is 7.63. The molecule has 0 spiro atoms. The van der Waals surface area contributed by atoms with Crippen molar-refractivity contribution >= 4 is 18.3 Å². The summed E-state index contributed by atoms with van der Waals surface area (Å²) >= 11 is 0. The Balaban J connectivity index is 1.92. The average molecular weight is 341 g/mol. The van der Waals surface area contributed by atoms with Crippen LogP contribution in [0.15, 0.2) is 48.5 Å². The first-order valence-electron chi connectivity index (χ1n) is 8.06. The third-order valence-corrected chi connectivity index (χ3v) is 4.68. The smallest absolute Gasteiger partial charge is 0.457 e. The van der Waals surface area contributed by atoms with Gasteiger partial charge < -0.3 is 14.0 Å². The van der Waals surface area contributed by atoms with Gasteiger partial charge in [0.05, 0.1) is 27.7 Å². The van der Waals surface area contributed by atoms with Gasteiger partial charge in [-0.2, -0.15) is 0 Å². The lowest BCUT2D eigenvalue weighted by atomic mass is 9.78. The van der Waals surface area contributed by atoms with Crippen molar-refractivity contribution in [3.05, 3.63) is 58.6 Å². The maximum absolute atomic E-state index is 11.5. The van der Waals surface area contributed by atoms with Gasteiger partial charge in [0.1, 0.15) is 11.5 Å². The summed E-state index contributed by atoms with van der Waals surface area (Å²) < 4.78 is 17.5. The second-order valence-corrected chi connectivity index (χ2v) is 6.98. The first-order valence-corrected chi connectivity index (χ1v) is 8.06. The molecule has 0 radical (unpaired) electrons. The maximum Gasteiger partial charge on any atom is 0.501 e. The fourth-order valence-corrected chi connectivity index (χ4v) is 2.54. The van der Waals surface area contributed by atoms with Crippen molar-refractivity contribution in [3.8, 4) is 11.5 Å². The van der Waals surface area contributed by atoms with Crippen molar-refractivity contribution in [1.29, 1.82) is 0 Å². The third-order valence-electron chi connectivity index (χ3n) is 4.68. The van der Waals surface area contributed by atoms with E-state index in [0.29, 0.717) is 17.0 Å². The Morgan fingerprint density at radius 2 is 1.56 bits per heavy atom. The minimum absolute atomic E-state index is 0.0908. The molecule has 0 bridgehead atoms. The number of nitro benzene ring substituents is 1. The molecule has 0 amide bonds. The average Bonchev–Trinajstić information content (AvgIpc) is 2.76. The van der Waals surface area contributed by atoms with E-state index < -0.39 is 23.2 Å². The van der Waals surface area contributed by atoms with E-state index in [1.165, 1.54) is 6.07 Å². The number of hydrogen-bond acceptors (Lipinski definition) is 5. The molecule has 1 aliphatic heterocycles. The van der Waals surface area contributed by atoms with Crippen LogP contribution in [0.5, 0.6) is 11.5 Å². The predicted octanol–water partition coefficient (Wildman–Crippen LogP) is 3.69. The molecule has 7 heteroatoms. The first kappa shape index (κ1) is 17.4. The number of hydrogen-bond donors (Lipinski definition) is 0. The molecule has 25 heavy (non-hydrogen) atoms. The van der Waals surface area contributed by atoms with Gasteiger partial charge in [-0.05, 0) is 45.9 Å². The van der Waals surface area contributed by atoms with Gasteiger partial charge in [0, 0.05) is 0 Å². The van der Waals surface area contributed by atoms with E-state index in [2.05, 4.69) is 0 Å². The van der Waals surface area contributed by atoms with E-state index in [0.717, 1.165) is 0 Å². The third kappa shape index (κ3) is 3.38. The van der Waals surface area contributed by atoms with E-state index in [9.17, 15) is 10.1 Å². The predicted molar refractivity (Wildman–Crippen MR) is 95.3 cm³/mol. The number of rotatable bonds is 4. The van der Waals surface area contributed by atoms with Gasteiger partial charge in [-0.1, -0.05) is 24.3 Å². The minimum Gasteiger partial charge on any atom is -0.457 e. The van der Waals surface area contributed by atoms with Crippen LogP contribution in [0.2, 0.25) is 0 Å². The van der Waals surface area contributed by atoms with Crippen LogP contribution >= 0.6 is 0 Å². The molecule has 1 aliphatic rings. The van der Waals surface area contributed by atoms with Crippen LogP contribution in [-0.4, -0.2) is 23.2 Å². The van der Waals surface area contributed by atoms with E-state index in [1.54, 1.807) is 24.3 Å². The minimum atomic E-state index is -0.795. The van der Waals surface area contributed by atoms with Crippen LogP contribution in [0.1, 0.15) is 27.7 Å². The molecule has 6 nitrogen and oxygen atoms in total. The van der Waals surface area contributed by atoms with E-state index >= 15 is 0 Å². The number of ether oxygens (including phenoxy) is 1.